The van der Waals surface area contributed by atoms with Crippen molar-refractivity contribution in [2.75, 3.05) is 12.4 Å². The van der Waals surface area contributed by atoms with Gasteiger partial charge in [0.05, 0.1) is 6.20 Å². The zero-order valence-corrected chi connectivity index (χ0v) is 18.7. The second-order valence-corrected chi connectivity index (χ2v) is 10.7. The van der Waals surface area contributed by atoms with Crippen LogP contribution in [0.15, 0.2) is 28.7 Å². The van der Waals surface area contributed by atoms with Crippen LogP contribution in [0, 0.1) is 0 Å². The number of nitrogens with zero attached hydrogens (tertiary/aromatic N) is 4. The Hall–Kier alpha value is -2.87. The van der Waals surface area contributed by atoms with Crippen molar-refractivity contribution in [3.05, 3.63) is 34.4 Å². The number of aliphatic imine (C=N–C) groups is 1. The number of alkyl halides is 2. The van der Waals surface area contributed by atoms with Gasteiger partial charge in [-0.1, -0.05) is 0 Å². The number of hydrogen-bond donors (Lipinski definition) is 2. The first kappa shape index (κ1) is 22.3. The van der Waals surface area contributed by atoms with Gasteiger partial charge in [0.25, 0.3) is 5.91 Å². The summed E-state index contributed by atoms with van der Waals surface area (Å²) < 4.78 is 54.9. The van der Waals surface area contributed by atoms with Crippen LogP contribution in [0.2, 0.25) is 0 Å². The molecule has 14 heteroatoms. The van der Waals surface area contributed by atoms with Crippen LogP contribution >= 0.6 is 11.3 Å². The van der Waals surface area contributed by atoms with Crippen LogP contribution in [0.3, 0.4) is 0 Å². The number of halogens is 2. The summed E-state index contributed by atoms with van der Waals surface area (Å²) in [7, 11) is -2.38. The first-order valence-corrected chi connectivity index (χ1v) is 11.8. The molecule has 2 aromatic heterocycles. The molecule has 0 bridgehead atoms. The lowest BCUT2D eigenvalue weighted by Gasteiger charge is -2.54. The van der Waals surface area contributed by atoms with Gasteiger partial charge in [0.15, 0.2) is 0 Å². The molecule has 1 saturated carbocycles. The smallest absolute Gasteiger partial charge is 0.387 e. The molecule has 0 radical (unpaired) electrons. The molecule has 1 fully saturated rings. The highest BCUT2D eigenvalue weighted by Gasteiger charge is 2.66. The van der Waals surface area contributed by atoms with Gasteiger partial charge in [-0.15, -0.1) is 11.3 Å². The number of pyridine rings is 1. The molecular formula is C18H20F2N6O4S2. The number of carbonyl (C=O) groups excluding carboxylic acids is 1. The average molecular weight is 487 g/mol. The number of nitrogens with two attached hydrogens (primary N) is 1. The fourth-order valence-electron chi connectivity index (χ4n) is 3.95. The molecule has 3 N–H and O–H groups in total. The van der Waals surface area contributed by atoms with Crippen molar-refractivity contribution in [3.8, 4) is 5.75 Å². The van der Waals surface area contributed by atoms with Gasteiger partial charge in [0.1, 0.15) is 32.6 Å². The van der Waals surface area contributed by atoms with Crippen molar-refractivity contribution in [2.45, 2.75) is 43.1 Å². The third-order valence-corrected chi connectivity index (χ3v) is 9.67. The topological polar surface area (TPSA) is 140 Å². The van der Waals surface area contributed by atoms with Gasteiger partial charge < -0.3 is 15.8 Å². The maximum atomic E-state index is 13.2. The van der Waals surface area contributed by atoms with Crippen LogP contribution in [-0.4, -0.2) is 53.0 Å². The summed E-state index contributed by atoms with van der Waals surface area (Å²) in [6.45, 7) is -1.30. The minimum absolute atomic E-state index is 0.0352. The molecule has 1 amide bonds. The molecule has 2 aliphatic rings. The van der Waals surface area contributed by atoms with Gasteiger partial charge in [0, 0.05) is 12.4 Å². The predicted molar refractivity (Wildman–Crippen MR) is 113 cm³/mol. The third-order valence-electron chi connectivity index (χ3n) is 5.92. The van der Waals surface area contributed by atoms with E-state index < -0.39 is 32.8 Å². The lowest BCUT2D eigenvalue weighted by molar-refractivity contribution is -0.0500. The minimum Gasteiger partial charge on any atom is -0.433 e. The Balaban J connectivity index is 1.59. The zero-order valence-electron chi connectivity index (χ0n) is 17.1. The van der Waals surface area contributed by atoms with Crippen molar-refractivity contribution in [3.63, 3.8) is 0 Å². The number of anilines is 1. The lowest BCUT2D eigenvalue weighted by Crippen LogP contribution is -2.67. The molecule has 32 heavy (non-hydrogen) atoms. The molecule has 4 rings (SSSR count). The monoisotopic (exact) mass is 486 g/mol. The Morgan fingerprint density at radius 1 is 1.38 bits per heavy atom. The van der Waals surface area contributed by atoms with E-state index in [9.17, 15) is 22.0 Å². The van der Waals surface area contributed by atoms with Crippen LogP contribution in [0.4, 0.5) is 14.6 Å². The Morgan fingerprint density at radius 3 is 2.66 bits per heavy atom. The Kier molecular flexibility index (Phi) is 5.32. The van der Waals surface area contributed by atoms with E-state index in [1.165, 1.54) is 19.2 Å². The minimum atomic E-state index is -3.76. The van der Waals surface area contributed by atoms with Gasteiger partial charge in [0.2, 0.25) is 16.0 Å². The van der Waals surface area contributed by atoms with Crippen molar-refractivity contribution in [1.82, 2.24) is 14.3 Å². The van der Waals surface area contributed by atoms with Crippen molar-refractivity contribution < 1.29 is 26.7 Å². The molecular weight excluding hydrogens is 466 g/mol. The summed E-state index contributed by atoms with van der Waals surface area (Å²) in [6.07, 6.45) is 2.59. The quantitative estimate of drug-likeness (QED) is 0.660. The number of ether oxygens (including phenoxy) is 1. The molecule has 3 heterocycles. The van der Waals surface area contributed by atoms with E-state index in [4.69, 9.17) is 5.73 Å². The Bertz CT molecular complexity index is 1180. The second kappa shape index (κ2) is 7.62. The molecule has 0 aromatic carbocycles. The molecule has 10 nitrogen and oxygen atoms in total. The van der Waals surface area contributed by atoms with Gasteiger partial charge in [-0.25, -0.2) is 27.7 Å². The summed E-state index contributed by atoms with van der Waals surface area (Å²) >= 11 is 1.16. The molecule has 1 aliphatic carbocycles. The van der Waals surface area contributed by atoms with Crippen LogP contribution < -0.4 is 15.8 Å². The highest BCUT2D eigenvalue weighted by atomic mass is 32.2. The highest BCUT2D eigenvalue weighted by molar-refractivity contribution is 7.91. The maximum Gasteiger partial charge on any atom is 0.387 e. The first-order valence-electron chi connectivity index (χ1n) is 9.52. The fraction of sp³-hybridized carbons (Fsp3) is 0.444. The predicted octanol–water partition coefficient (Wildman–Crippen LogP) is 2.12. The standard InChI is InChI=1S/C18H20F2N6O4S2/c1-17(18(6-3-7-18)32(28,29)26(2)16(21)25-17)14-24-12(9-31-14)23-13(27)11-5-4-10(8-22-11)30-15(19)20/h4-5,8-9,15H,3,6-7H2,1-2H3,(H2,21,25)(H,23,27)/t17-/m1/s1. The molecule has 1 spiro atoms. The van der Waals surface area contributed by atoms with Gasteiger partial charge in [-0.3, -0.25) is 4.79 Å². The lowest BCUT2D eigenvalue weighted by atomic mass is 9.71. The van der Waals surface area contributed by atoms with Crippen LogP contribution in [0.5, 0.6) is 5.75 Å². The fourth-order valence-corrected chi connectivity index (χ4v) is 7.23. The van der Waals surface area contributed by atoms with E-state index in [-0.39, 0.29) is 23.2 Å². The van der Waals surface area contributed by atoms with Crippen molar-refractivity contribution >= 4 is 39.0 Å². The highest BCUT2D eigenvalue weighted by Crippen LogP contribution is 2.57. The van der Waals surface area contributed by atoms with Gasteiger partial charge in [-0.2, -0.15) is 8.78 Å². The molecule has 1 aliphatic heterocycles. The van der Waals surface area contributed by atoms with E-state index in [1.54, 1.807) is 12.3 Å². The first-order chi connectivity index (χ1) is 15.0. The molecule has 0 unspecified atom stereocenters. The molecule has 172 valence electrons. The van der Waals surface area contributed by atoms with Crippen LogP contribution in [0.25, 0.3) is 0 Å². The van der Waals surface area contributed by atoms with E-state index in [0.29, 0.717) is 17.8 Å². The number of aromatic nitrogens is 2. The molecule has 2 aromatic rings. The van der Waals surface area contributed by atoms with Crippen molar-refractivity contribution in [2.24, 2.45) is 10.7 Å². The van der Waals surface area contributed by atoms with Crippen LogP contribution in [-0.2, 0) is 15.6 Å². The maximum absolute atomic E-state index is 13.2. The summed E-state index contributed by atoms with van der Waals surface area (Å²) in [6, 6.07) is 2.43. The third kappa shape index (κ3) is 3.28. The van der Waals surface area contributed by atoms with Gasteiger partial charge >= 0.3 is 6.61 Å². The average Bonchev–Trinajstić information content (AvgIpc) is 3.14. The normalized spacial score (nSPS) is 23.5. The summed E-state index contributed by atoms with van der Waals surface area (Å²) in [5, 5.41) is 4.54. The van der Waals surface area contributed by atoms with E-state index >= 15 is 0 Å². The van der Waals surface area contributed by atoms with Crippen molar-refractivity contribution in [1.29, 1.82) is 0 Å². The zero-order chi connectivity index (χ0) is 23.3. The summed E-state index contributed by atoms with van der Waals surface area (Å²) in [5.41, 5.74) is 4.67. The Labute approximate surface area is 186 Å². The number of carbonyl (C=O) groups is 1. The Morgan fingerprint density at radius 2 is 2.09 bits per heavy atom. The van der Waals surface area contributed by atoms with E-state index in [1.807, 2.05) is 0 Å². The summed E-state index contributed by atoms with van der Waals surface area (Å²) in [4.78, 5) is 25.2. The number of amides is 1. The second-order valence-electron chi connectivity index (χ2n) is 7.61. The van der Waals surface area contributed by atoms with E-state index in [0.717, 1.165) is 28.3 Å². The van der Waals surface area contributed by atoms with Crippen LogP contribution in [0.1, 0.15) is 41.7 Å². The largest absolute Gasteiger partial charge is 0.433 e. The van der Waals surface area contributed by atoms with Gasteiger partial charge in [-0.05, 0) is 38.3 Å². The number of sulfonamides is 1. The number of hydrogen-bond acceptors (Lipinski definition) is 9. The van der Waals surface area contributed by atoms with E-state index in [2.05, 4.69) is 25.0 Å². The number of guanidine groups is 1. The number of thiazole rings is 1. The SMILES string of the molecule is CN1C(N)=N[C@](C)(c2nc(NC(=O)c3ccc(OC(F)F)cn3)cs2)C2(CCC2)S1(=O)=O. The molecule has 1 atom stereocenters. The number of rotatable bonds is 5. The molecule has 0 saturated heterocycles. The number of nitrogens with one attached hydrogen (secondary N) is 1. The summed E-state index contributed by atoms with van der Waals surface area (Å²) in [5.74, 6) is -0.732.